The first-order valence-corrected chi connectivity index (χ1v) is 5.14. The molecule has 0 amide bonds. The zero-order valence-corrected chi connectivity index (χ0v) is 9.77. The van der Waals surface area contributed by atoms with E-state index in [4.69, 9.17) is 16.1 Å². The summed E-state index contributed by atoms with van der Waals surface area (Å²) in [7, 11) is 1.88. The first kappa shape index (κ1) is 10.9. The Labute approximate surface area is 98.1 Å². The molecule has 2 aromatic heterocycles. The van der Waals surface area contributed by atoms with Crippen molar-refractivity contribution in [1.29, 1.82) is 0 Å². The summed E-state index contributed by atoms with van der Waals surface area (Å²) >= 11 is 5.71. The highest BCUT2D eigenvalue weighted by Crippen LogP contribution is 2.12. The van der Waals surface area contributed by atoms with E-state index in [1.807, 2.05) is 24.9 Å². The molecular formula is C10H11ClN4O. The number of hydrogen-bond donors (Lipinski definition) is 0. The van der Waals surface area contributed by atoms with Gasteiger partial charge in [0, 0.05) is 13.1 Å². The minimum atomic E-state index is 0.523. The molecule has 0 spiro atoms. The van der Waals surface area contributed by atoms with Crippen LogP contribution in [0.3, 0.4) is 0 Å². The van der Waals surface area contributed by atoms with Gasteiger partial charge < -0.3 is 9.42 Å². The fraction of sp³-hybridized carbons (Fsp3) is 0.300. The molecule has 5 nitrogen and oxygen atoms in total. The van der Waals surface area contributed by atoms with Crippen LogP contribution < -0.4 is 4.90 Å². The summed E-state index contributed by atoms with van der Waals surface area (Å²) in [6, 6.07) is 1.88. The molecule has 0 radical (unpaired) electrons. The fourth-order valence-corrected chi connectivity index (χ4v) is 1.41. The Morgan fingerprint density at radius 1 is 1.38 bits per heavy atom. The summed E-state index contributed by atoms with van der Waals surface area (Å²) in [5, 5.41) is 4.42. The van der Waals surface area contributed by atoms with Crippen LogP contribution in [0.1, 0.15) is 11.5 Å². The molecule has 0 fully saturated rings. The highest BCUT2D eigenvalue weighted by atomic mass is 35.5. The molecule has 2 aromatic rings. The summed E-state index contributed by atoms with van der Waals surface area (Å²) in [5.74, 6) is 1.39. The van der Waals surface area contributed by atoms with Crippen molar-refractivity contribution in [1.82, 2.24) is 15.1 Å². The van der Waals surface area contributed by atoms with Crippen LogP contribution in [0.4, 0.5) is 5.95 Å². The second-order valence-corrected chi connectivity index (χ2v) is 3.92. The van der Waals surface area contributed by atoms with Crippen molar-refractivity contribution in [3.8, 4) is 0 Å². The lowest BCUT2D eigenvalue weighted by Crippen LogP contribution is -2.19. The Kier molecular flexibility index (Phi) is 3.05. The molecule has 2 rings (SSSR count). The van der Waals surface area contributed by atoms with E-state index in [-0.39, 0.29) is 0 Å². The quantitative estimate of drug-likeness (QED) is 0.819. The highest BCUT2D eigenvalue weighted by molar-refractivity contribution is 6.30. The Bertz CT molecular complexity index is 468. The molecule has 0 saturated heterocycles. The number of nitrogens with zero attached hydrogens (tertiary/aromatic N) is 4. The molecule has 6 heteroatoms. The van der Waals surface area contributed by atoms with Gasteiger partial charge in [-0.1, -0.05) is 16.8 Å². The van der Waals surface area contributed by atoms with E-state index in [1.54, 1.807) is 12.4 Å². The van der Waals surface area contributed by atoms with Gasteiger partial charge in [-0.25, -0.2) is 9.97 Å². The average molecular weight is 239 g/mol. The fourth-order valence-electron chi connectivity index (χ4n) is 1.31. The predicted molar refractivity (Wildman–Crippen MR) is 60.4 cm³/mol. The number of hydrogen-bond acceptors (Lipinski definition) is 5. The molecule has 0 aliphatic rings. The normalized spacial score (nSPS) is 10.4. The van der Waals surface area contributed by atoms with Gasteiger partial charge in [-0.05, 0) is 6.92 Å². The van der Waals surface area contributed by atoms with Crippen molar-refractivity contribution in [2.45, 2.75) is 13.5 Å². The lowest BCUT2D eigenvalue weighted by atomic mass is 10.3. The van der Waals surface area contributed by atoms with Crippen LogP contribution in [0, 0.1) is 6.92 Å². The van der Waals surface area contributed by atoms with Gasteiger partial charge in [0.15, 0.2) is 0 Å². The largest absolute Gasteiger partial charge is 0.361 e. The number of rotatable bonds is 3. The van der Waals surface area contributed by atoms with Crippen LogP contribution in [0.5, 0.6) is 0 Å². The Balaban J connectivity index is 2.08. The number of anilines is 1. The van der Waals surface area contributed by atoms with Gasteiger partial charge in [-0.3, -0.25) is 0 Å². The second-order valence-electron chi connectivity index (χ2n) is 3.49. The third kappa shape index (κ3) is 2.49. The Hall–Kier alpha value is -1.62. The third-order valence-corrected chi connectivity index (χ3v) is 2.22. The summed E-state index contributed by atoms with van der Waals surface area (Å²) in [6.45, 7) is 2.45. The first-order chi connectivity index (χ1) is 7.65. The Morgan fingerprint density at radius 3 is 2.62 bits per heavy atom. The monoisotopic (exact) mass is 238 g/mol. The number of aryl methyl sites for hydroxylation is 1. The molecule has 0 unspecified atom stereocenters. The molecule has 0 bridgehead atoms. The zero-order chi connectivity index (χ0) is 11.5. The van der Waals surface area contributed by atoms with Gasteiger partial charge in [0.25, 0.3) is 0 Å². The van der Waals surface area contributed by atoms with Crippen molar-refractivity contribution < 1.29 is 4.52 Å². The van der Waals surface area contributed by atoms with Crippen molar-refractivity contribution in [2.75, 3.05) is 11.9 Å². The number of halogens is 1. The van der Waals surface area contributed by atoms with Gasteiger partial charge >= 0.3 is 0 Å². The molecule has 0 aliphatic heterocycles. The minimum absolute atomic E-state index is 0.523. The number of aromatic nitrogens is 3. The highest BCUT2D eigenvalue weighted by Gasteiger charge is 2.07. The van der Waals surface area contributed by atoms with Crippen LogP contribution in [-0.2, 0) is 6.54 Å². The second kappa shape index (κ2) is 4.49. The first-order valence-electron chi connectivity index (χ1n) is 4.76. The van der Waals surface area contributed by atoms with Crippen molar-refractivity contribution in [3.63, 3.8) is 0 Å². The maximum Gasteiger partial charge on any atom is 0.225 e. The van der Waals surface area contributed by atoms with Crippen LogP contribution in [0.15, 0.2) is 23.0 Å². The van der Waals surface area contributed by atoms with E-state index >= 15 is 0 Å². The topological polar surface area (TPSA) is 55.1 Å². The lowest BCUT2D eigenvalue weighted by Gasteiger charge is -2.14. The van der Waals surface area contributed by atoms with Gasteiger partial charge in [-0.2, -0.15) is 0 Å². The minimum Gasteiger partial charge on any atom is -0.361 e. The third-order valence-electron chi connectivity index (χ3n) is 2.02. The smallest absolute Gasteiger partial charge is 0.225 e. The predicted octanol–water partition coefficient (Wildman–Crippen LogP) is 2.06. The van der Waals surface area contributed by atoms with Crippen LogP contribution in [-0.4, -0.2) is 22.2 Å². The molecule has 0 aliphatic carbocycles. The molecule has 16 heavy (non-hydrogen) atoms. The van der Waals surface area contributed by atoms with E-state index in [0.29, 0.717) is 17.5 Å². The molecule has 0 atom stereocenters. The Morgan fingerprint density at radius 2 is 2.06 bits per heavy atom. The van der Waals surface area contributed by atoms with Crippen molar-refractivity contribution in [2.24, 2.45) is 0 Å². The summed E-state index contributed by atoms with van der Waals surface area (Å²) < 4.78 is 4.98. The summed E-state index contributed by atoms with van der Waals surface area (Å²) in [5.41, 5.74) is 0.846. The van der Waals surface area contributed by atoms with Gasteiger partial charge in [0.2, 0.25) is 5.95 Å². The average Bonchev–Trinajstić information content (AvgIpc) is 2.65. The van der Waals surface area contributed by atoms with Crippen LogP contribution >= 0.6 is 11.6 Å². The zero-order valence-electron chi connectivity index (χ0n) is 9.01. The van der Waals surface area contributed by atoms with E-state index in [9.17, 15) is 0 Å². The molecule has 0 saturated carbocycles. The maximum absolute atomic E-state index is 5.71. The van der Waals surface area contributed by atoms with Crippen LogP contribution in [0.25, 0.3) is 0 Å². The molecule has 0 aromatic carbocycles. The summed E-state index contributed by atoms with van der Waals surface area (Å²) in [6.07, 6.45) is 3.13. The van der Waals surface area contributed by atoms with E-state index in [0.717, 1.165) is 11.5 Å². The molecule has 84 valence electrons. The maximum atomic E-state index is 5.71. The summed E-state index contributed by atoms with van der Waals surface area (Å²) in [4.78, 5) is 10.1. The molecule has 0 N–H and O–H groups in total. The van der Waals surface area contributed by atoms with Gasteiger partial charge in [0.1, 0.15) is 11.5 Å². The van der Waals surface area contributed by atoms with Crippen molar-refractivity contribution >= 4 is 17.5 Å². The van der Waals surface area contributed by atoms with Gasteiger partial charge in [-0.15, -0.1) is 0 Å². The van der Waals surface area contributed by atoms with Crippen LogP contribution in [0.2, 0.25) is 5.02 Å². The van der Waals surface area contributed by atoms with E-state index < -0.39 is 0 Å². The lowest BCUT2D eigenvalue weighted by molar-refractivity contribution is 0.390. The standard InChI is InChI=1S/C10H11ClN4O/c1-7-3-9(14-16-7)6-15(2)10-12-4-8(11)5-13-10/h3-5H,6H2,1-2H3. The van der Waals surface area contributed by atoms with Gasteiger partial charge in [0.05, 0.1) is 24.0 Å². The van der Waals surface area contributed by atoms with Crippen molar-refractivity contribution in [3.05, 3.63) is 34.9 Å². The SMILES string of the molecule is Cc1cc(CN(C)c2ncc(Cl)cn2)no1. The van der Waals surface area contributed by atoms with E-state index in [1.165, 1.54) is 0 Å². The van der Waals surface area contributed by atoms with E-state index in [2.05, 4.69) is 15.1 Å². The molecule has 2 heterocycles. The molecular weight excluding hydrogens is 228 g/mol.